The fraction of sp³-hybridized carbons (Fsp3) is 0.632. The summed E-state index contributed by atoms with van der Waals surface area (Å²) in [6, 6.07) is 5.07. The third-order valence-corrected chi connectivity index (χ3v) is 7.17. The van der Waals surface area contributed by atoms with Crippen molar-refractivity contribution < 1.29 is 4.79 Å². The Morgan fingerprint density at radius 1 is 1.31 bits per heavy atom. The van der Waals surface area contributed by atoms with Gasteiger partial charge >= 0.3 is 0 Å². The molecule has 7 heteroatoms. The molecule has 1 N–H and O–H groups in total. The second-order valence-corrected chi connectivity index (χ2v) is 9.46. The summed E-state index contributed by atoms with van der Waals surface area (Å²) in [6.45, 7) is 2.25. The second kappa shape index (κ2) is 8.13. The van der Waals surface area contributed by atoms with Gasteiger partial charge in [0, 0.05) is 23.4 Å². The molecule has 0 aromatic carbocycles. The smallest absolute Gasteiger partial charge is 0.230 e. The van der Waals surface area contributed by atoms with Gasteiger partial charge in [-0.15, -0.1) is 21.5 Å². The summed E-state index contributed by atoms with van der Waals surface area (Å²) in [4.78, 5) is 13.7. The van der Waals surface area contributed by atoms with Crippen LogP contribution in [0.1, 0.15) is 62.2 Å². The molecule has 140 valence electrons. The number of aromatic nitrogens is 3. The number of rotatable bonds is 7. The molecule has 2 aromatic rings. The predicted octanol–water partition coefficient (Wildman–Crippen LogP) is 4.05. The van der Waals surface area contributed by atoms with Crippen LogP contribution in [0.5, 0.6) is 0 Å². The van der Waals surface area contributed by atoms with Crippen molar-refractivity contribution in [3.8, 4) is 0 Å². The zero-order valence-corrected chi connectivity index (χ0v) is 16.8. The second-order valence-electron chi connectivity index (χ2n) is 7.48. The fourth-order valence-corrected chi connectivity index (χ4v) is 5.24. The normalized spacial score (nSPS) is 23.1. The zero-order valence-electron chi connectivity index (χ0n) is 15.2. The van der Waals surface area contributed by atoms with Crippen LogP contribution in [-0.4, -0.2) is 32.5 Å². The molecule has 0 bridgehead atoms. The van der Waals surface area contributed by atoms with Gasteiger partial charge in [0.2, 0.25) is 5.91 Å². The van der Waals surface area contributed by atoms with E-state index in [0.29, 0.717) is 23.8 Å². The van der Waals surface area contributed by atoms with Gasteiger partial charge in [0.15, 0.2) is 5.16 Å². The van der Waals surface area contributed by atoms with Gasteiger partial charge < -0.3 is 9.88 Å². The van der Waals surface area contributed by atoms with E-state index in [1.807, 2.05) is 0 Å². The lowest BCUT2D eigenvalue weighted by molar-refractivity contribution is -0.119. The van der Waals surface area contributed by atoms with Crippen molar-refractivity contribution in [1.29, 1.82) is 0 Å². The van der Waals surface area contributed by atoms with Crippen molar-refractivity contribution in [3.63, 3.8) is 0 Å². The lowest BCUT2D eigenvalue weighted by Crippen LogP contribution is -2.41. The lowest BCUT2D eigenvalue weighted by Gasteiger charge is -2.29. The van der Waals surface area contributed by atoms with Crippen LogP contribution in [0.25, 0.3) is 0 Å². The summed E-state index contributed by atoms with van der Waals surface area (Å²) in [5.41, 5.74) is 0. The van der Waals surface area contributed by atoms with E-state index in [9.17, 15) is 4.79 Å². The predicted molar refractivity (Wildman–Crippen MR) is 106 cm³/mol. The monoisotopic (exact) mass is 390 g/mol. The first kappa shape index (κ1) is 18.0. The number of carbonyl (C=O) groups excluding carboxylic acids is 1. The van der Waals surface area contributed by atoms with Crippen molar-refractivity contribution >= 4 is 29.0 Å². The molecule has 2 aliphatic carbocycles. The minimum Gasteiger partial charge on any atom is -0.352 e. The largest absolute Gasteiger partial charge is 0.352 e. The summed E-state index contributed by atoms with van der Waals surface area (Å²) in [7, 11) is 0. The number of amides is 1. The van der Waals surface area contributed by atoms with Crippen LogP contribution in [0.4, 0.5) is 0 Å². The molecule has 0 aliphatic heterocycles. The number of thioether (sulfide) groups is 1. The van der Waals surface area contributed by atoms with Crippen LogP contribution in [0.15, 0.2) is 22.7 Å². The maximum atomic E-state index is 12.4. The third kappa shape index (κ3) is 4.31. The maximum absolute atomic E-state index is 12.4. The Kier molecular flexibility index (Phi) is 5.64. The topological polar surface area (TPSA) is 59.8 Å². The van der Waals surface area contributed by atoms with E-state index in [2.05, 4.69) is 44.5 Å². The molecule has 2 fully saturated rings. The molecule has 2 unspecified atom stereocenters. The third-order valence-electron chi connectivity index (χ3n) is 5.35. The maximum Gasteiger partial charge on any atom is 0.230 e. The van der Waals surface area contributed by atoms with Crippen molar-refractivity contribution in [2.24, 2.45) is 5.92 Å². The van der Waals surface area contributed by atoms with Gasteiger partial charge in [-0.2, -0.15) is 0 Å². The highest BCUT2D eigenvalue weighted by atomic mass is 32.2. The van der Waals surface area contributed by atoms with Crippen molar-refractivity contribution in [2.45, 2.75) is 69.1 Å². The summed E-state index contributed by atoms with van der Waals surface area (Å²) < 4.78 is 2.26. The zero-order chi connectivity index (χ0) is 17.9. The number of nitrogens with one attached hydrogen (secondary N) is 1. The average molecular weight is 391 g/mol. The summed E-state index contributed by atoms with van der Waals surface area (Å²) in [5.74, 6) is 2.16. The van der Waals surface area contributed by atoms with Gasteiger partial charge in [-0.3, -0.25) is 4.79 Å². The SMILES string of the molecule is CC1CCCCC1NC(=O)CSc1nnc(Cc2cccs2)n1C1CC1. The van der Waals surface area contributed by atoms with E-state index in [4.69, 9.17) is 0 Å². The number of hydrogen-bond acceptors (Lipinski definition) is 5. The fourth-order valence-electron chi connectivity index (χ4n) is 3.70. The Hall–Kier alpha value is -1.34. The quantitative estimate of drug-likeness (QED) is 0.725. The van der Waals surface area contributed by atoms with Crippen LogP contribution in [0, 0.1) is 5.92 Å². The van der Waals surface area contributed by atoms with Gasteiger partial charge in [0.1, 0.15) is 5.82 Å². The highest BCUT2D eigenvalue weighted by molar-refractivity contribution is 7.99. The van der Waals surface area contributed by atoms with Crippen molar-refractivity contribution in [1.82, 2.24) is 20.1 Å². The molecule has 2 aliphatic rings. The molecule has 2 heterocycles. The van der Waals surface area contributed by atoms with E-state index in [1.54, 1.807) is 11.3 Å². The minimum absolute atomic E-state index is 0.124. The number of carbonyl (C=O) groups is 1. The summed E-state index contributed by atoms with van der Waals surface area (Å²) >= 11 is 3.28. The average Bonchev–Trinajstić information content (AvgIpc) is 3.18. The first-order valence-electron chi connectivity index (χ1n) is 9.59. The standard InChI is InChI=1S/C19H26N4OS2/c1-13-5-2-3-7-16(13)20-18(24)12-26-19-22-21-17(23(19)14-8-9-14)11-15-6-4-10-25-15/h4,6,10,13-14,16H,2-3,5,7-9,11-12H2,1H3,(H,20,24). The molecule has 5 nitrogen and oxygen atoms in total. The van der Waals surface area contributed by atoms with Gasteiger partial charge in [-0.25, -0.2) is 0 Å². The first-order valence-corrected chi connectivity index (χ1v) is 11.5. The van der Waals surface area contributed by atoms with Crippen LogP contribution in [0.3, 0.4) is 0 Å². The van der Waals surface area contributed by atoms with Gasteiger partial charge in [0.05, 0.1) is 5.75 Å². The molecule has 2 aromatic heterocycles. The van der Waals surface area contributed by atoms with E-state index >= 15 is 0 Å². The lowest BCUT2D eigenvalue weighted by atomic mass is 9.86. The van der Waals surface area contributed by atoms with Crippen LogP contribution in [-0.2, 0) is 11.2 Å². The highest BCUT2D eigenvalue weighted by Crippen LogP contribution is 2.39. The molecular formula is C19H26N4OS2. The number of thiophene rings is 1. The van der Waals surface area contributed by atoms with Gasteiger partial charge in [-0.05, 0) is 43.0 Å². The van der Waals surface area contributed by atoms with Crippen molar-refractivity contribution in [3.05, 3.63) is 28.2 Å². The van der Waals surface area contributed by atoms with Gasteiger partial charge in [0.25, 0.3) is 0 Å². The summed E-state index contributed by atoms with van der Waals surface area (Å²) in [5, 5.41) is 15.0. The summed E-state index contributed by atoms with van der Waals surface area (Å²) in [6.07, 6.45) is 8.06. The molecule has 1 amide bonds. The Morgan fingerprint density at radius 2 is 2.15 bits per heavy atom. The van der Waals surface area contributed by atoms with Crippen LogP contribution in [0.2, 0.25) is 0 Å². The number of nitrogens with zero attached hydrogens (tertiary/aromatic N) is 3. The Morgan fingerprint density at radius 3 is 2.88 bits per heavy atom. The molecule has 2 saturated carbocycles. The molecule has 2 atom stereocenters. The van der Waals surface area contributed by atoms with Crippen molar-refractivity contribution in [2.75, 3.05) is 5.75 Å². The van der Waals surface area contributed by atoms with E-state index in [-0.39, 0.29) is 5.91 Å². The van der Waals surface area contributed by atoms with Crippen LogP contribution < -0.4 is 5.32 Å². The first-order chi connectivity index (χ1) is 12.7. The molecule has 4 rings (SSSR count). The van der Waals surface area contributed by atoms with Gasteiger partial charge in [-0.1, -0.05) is 37.6 Å². The number of hydrogen-bond donors (Lipinski definition) is 1. The van der Waals surface area contributed by atoms with E-state index in [1.165, 1.54) is 48.7 Å². The molecule has 0 radical (unpaired) electrons. The molecule has 0 saturated heterocycles. The Labute approximate surface area is 163 Å². The Bertz CT molecular complexity index is 739. The molecule has 26 heavy (non-hydrogen) atoms. The highest BCUT2D eigenvalue weighted by Gasteiger charge is 2.30. The van der Waals surface area contributed by atoms with Crippen LogP contribution >= 0.6 is 23.1 Å². The minimum atomic E-state index is 0.124. The van der Waals surface area contributed by atoms with E-state index < -0.39 is 0 Å². The van der Waals surface area contributed by atoms with E-state index in [0.717, 1.165) is 23.8 Å². The Balaban J connectivity index is 1.37. The molecule has 0 spiro atoms. The molecular weight excluding hydrogens is 364 g/mol.